The number of benzene rings is 1. The molecule has 0 saturated carbocycles. The van der Waals surface area contributed by atoms with Gasteiger partial charge in [-0.3, -0.25) is 0 Å². The zero-order valence-corrected chi connectivity index (χ0v) is 13.6. The summed E-state index contributed by atoms with van der Waals surface area (Å²) in [5.41, 5.74) is 1.80. The van der Waals surface area contributed by atoms with Crippen LogP contribution < -0.4 is 0 Å². The first-order valence-corrected chi connectivity index (χ1v) is 8.61. The van der Waals surface area contributed by atoms with Gasteiger partial charge in [-0.2, -0.15) is 0 Å². The van der Waals surface area contributed by atoms with Crippen LogP contribution in [0.3, 0.4) is 0 Å². The zero-order valence-electron chi connectivity index (χ0n) is 12.0. The third-order valence-corrected chi connectivity index (χ3v) is 4.74. The Bertz CT molecular complexity index is 672. The molecular formula is C14H18ClNO3S. The van der Waals surface area contributed by atoms with Crippen molar-refractivity contribution < 1.29 is 13.3 Å². The number of hydrogen-bond donors (Lipinski definition) is 0. The molecule has 0 amide bonds. The fourth-order valence-corrected chi connectivity index (χ4v) is 3.72. The highest BCUT2D eigenvalue weighted by Gasteiger charge is 2.28. The van der Waals surface area contributed by atoms with Gasteiger partial charge in [-0.05, 0) is 17.0 Å². The van der Waals surface area contributed by atoms with E-state index in [1.54, 1.807) is 12.1 Å². The van der Waals surface area contributed by atoms with Crippen molar-refractivity contribution in [2.75, 3.05) is 12.9 Å². The van der Waals surface area contributed by atoms with Gasteiger partial charge >= 0.3 is 0 Å². The number of oxime groups is 1. The molecule has 4 nitrogen and oxygen atoms in total. The van der Waals surface area contributed by atoms with Crippen LogP contribution in [-0.4, -0.2) is 27.0 Å². The van der Waals surface area contributed by atoms with E-state index in [-0.39, 0.29) is 10.3 Å². The Morgan fingerprint density at radius 2 is 1.95 bits per heavy atom. The average molecular weight is 316 g/mol. The third-order valence-electron chi connectivity index (χ3n) is 3.20. The molecule has 0 aromatic heterocycles. The number of nitrogens with zero attached hydrogens (tertiary/aromatic N) is 1. The molecule has 0 atom stereocenters. The molecule has 0 bridgehead atoms. The number of rotatable bonds is 2. The second-order valence-corrected chi connectivity index (χ2v) is 8.31. The lowest BCUT2D eigenvalue weighted by Gasteiger charge is -2.23. The molecule has 1 heterocycles. The maximum absolute atomic E-state index is 12.0. The van der Waals surface area contributed by atoms with E-state index >= 15 is 0 Å². The highest BCUT2D eigenvalue weighted by atomic mass is 35.5. The first-order chi connectivity index (χ1) is 9.12. The van der Waals surface area contributed by atoms with Crippen molar-refractivity contribution in [3.63, 3.8) is 0 Å². The second-order valence-electron chi connectivity index (χ2n) is 5.94. The lowest BCUT2D eigenvalue weighted by atomic mass is 9.85. The predicted molar refractivity (Wildman–Crippen MR) is 80.4 cm³/mol. The van der Waals surface area contributed by atoms with E-state index in [1.807, 2.05) is 20.8 Å². The topological polar surface area (TPSA) is 55.7 Å². The van der Waals surface area contributed by atoms with Crippen LogP contribution in [0.25, 0.3) is 0 Å². The van der Waals surface area contributed by atoms with Crippen molar-refractivity contribution in [3.05, 3.63) is 28.3 Å². The van der Waals surface area contributed by atoms with Gasteiger partial charge in [-0.1, -0.05) is 43.6 Å². The molecule has 1 aliphatic rings. The molecule has 0 unspecified atom stereocenters. The SMILES string of the molecule is CC(C)(C)c1ccc(S(C)(=O)=O)c(C2=NOCC2)c1Cl. The van der Waals surface area contributed by atoms with Gasteiger partial charge in [-0.25, -0.2) is 8.42 Å². The van der Waals surface area contributed by atoms with Crippen LogP contribution in [0, 0.1) is 0 Å². The van der Waals surface area contributed by atoms with E-state index in [0.717, 1.165) is 5.56 Å². The van der Waals surface area contributed by atoms with Crippen LogP contribution >= 0.6 is 11.6 Å². The van der Waals surface area contributed by atoms with Crippen LogP contribution in [0.1, 0.15) is 38.3 Å². The fourth-order valence-electron chi connectivity index (χ4n) is 2.20. The monoisotopic (exact) mass is 315 g/mol. The Kier molecular flexibility index (Phi) is 3.86. The molecule has 2 rings (SSSR count). The standard InChI is InChI=1S/C14H18ClNO3S/c1-14(2,3)9-5-6-11(20(4,17)18)12(13(9)15)10-7-8-19-16-10/h5-6H,7-8H2,1-4H3. The summed E-state index contributed by atoms with van der Waals surface area (Å²) in [6.45, 7) is 6.55. The molecule has 1 aromatic carbocycles. The van der Waals surface area contributed by atoms with Gasteiger partial charge in [0.1, 0.15) is 6.61 Å². The number of sulfone groups is 1. The highest BCUT2D eigenvalue weighted by molar-refractivity contribution is 7.90. The Balaban J connectivity index is 2.77. The number of hydrogen-bond acceptors (Lipinski definition) is 4. The van der Waals surface area contributed by atoms with Crippen LogP contribution in [-0.2, 0) is 20.1 Å². The van der Waals surface area contributed by atoms with Crippen molar-refractivity contribution in [1.82, 2.24) is 0 Å². The van der Waals surface area contributed by atoms with E-state index in [1.165, 1.54) is 6.26 Å². The maximum atomic E-state index is 12.0. The van der Waals surface area contributed by atoms with Crippen molar-refractivity contribution >= 4 is 27.1 Å². The van der Waals surface area contributed by atoms with Gasteiger partial charge < -0.3 is 4.84 Å². The first-order valence-electron chi connectivity index (χ1n) is 6.34. The fraction of sp³-hybridized carbons (Fsp3) is 0.500. The second kappa shape index (κ2) is 5.04. The molecule has 0 fully saturated rings. The molecule has 110 valence electrons. The van der Waals surface area contributed by atoms with Crippen LogP contribution in [0.2, 0.25) is 5.02 Å². The lowest BCUT2D eigenvalue weighted by Crippen LogP contribution is -2.16. The Hall–Kier alpha value is -1.07. The summed E-state index contributed by atoms with van der Waals surface area (Å²) in [4.78, 5) is 5.20. The minimum absolute atomic E-state index is 0.179. The highest BCUT2D eigenvalue weighted by Crippen LogP contribution is 2.36. The summed E-state index contributed by atoms with van der Waals surface area (Å²) in [5.74, 6) is 0. The minimum atomic E-state index is -3.38. The molecular weight excluding hydrogens is 298 g/mol. The molecule has 1 aliphatic heterocycles. The van der Waals surface area contributed by atoms with Crippen molar-refractivity contribution in [2.45, 2.75) is 37.5 Å². The van der Waals surface area contributed by atoms with Crippen LogP contribution in [0.4, 0.5) is 0 Å². The summed E-state index contributed by atoms with van der Waals surface area (Å²) in [6.07, 6.45) is 1.74. The summed E-state index contributed by atoms with van der Waals surface area (Å²) < 4.78 is 23.9. The molecule has 0 N–H and O–H groups in total. The van der Waals surface area contributed by atoms with Gasteiger partial charge in [0, 0.05) is 18.2 Å². The van der Waals surface area contributed by atoms with Crippen molar-refractivity contribution in [1.29, 1.82) is 0 Å². The van der Waals surface area contributed by atoms with Gasteiger partial charge in [0.2, 0.25) is 0 Å². The minimum Gasteiger partial charge on any atom is -0.395 e. The van der Waals surface area contributed by atoms with E-state index in [9.17, 15) is 8.42 Å². The lowest BCUT2D eigenvalue weighted by molar-refractivity contribution is 0.174. The normalized spacial score (nSPS) is 15.9. The van der Waals surface area contributed by atoms with Crippen molar-refractivity contribution in [3.8, 4) is 0 Å². The maximum Gasteiger partial charge on any atom is 0.176 e. The van der Waals surface area contributed by atoms with Crippen LogP contribution in [0.15, 0.2) is 22.2 Å². The molecule has 20 heavy (non-hydrogen) atoms. The third kappa shape index (κ3) is 2.83. The summed E-state index contributed by atoms with van der Waals surface area (Å²) in [6, 6.07) is 3.39. The molecule has 1 aromatic rings. The van der Waals surface area contributed by atoms with Gasteiger partial charge in [0.25, 0.3) is 0 Å². The molecule has 6 heteroatoms. The molecule has 0 spiro atoms. The number of halogens is 1. The molecule has 0 radical (unpaired) electrons. The zero-order chi connectivity index (χ0) is 15.1. The van der Waals surface area contributed by atoms with E-state index in [0.29, 0.717) is 29.3 Å². The summed E-state index contributed by atoms with van der Waals surface area (Å²) >= 11 is 6.48. The van der Waals surface area contributed by atoms with Gasteiger partial charge in [0.05, 0.1) is 15.6 Å². The van der Waals surface area contributed by atoms with Crippen LogP contribution in [0.5, 0.6) is 0 Å². The van der Waals surface area contributed by atoms with E-state index < -0.39 is 9.84 Å². The van der Waals surface area contributed by atoms with Crippen molar-refractivity contribution in [2.24, 2.45) is 5.16 Å². The quantitative estimate of drug-likeness (QED) is 0.842. The smallest absolute Gasteiger partial charge is 0.176 e. The van der Waals surface area contributed by atoms with E-state index in [4.69, 9.17) is 16.4 Å². The average Bonchev–Trinajstić information content (AvgIpc) is 2.78. The Labute approximate surface area is 124 Å². The molecule has 0 saturated heterocycles. The summed E-state index contributed by atoms with van der Waals surface area (Å²) in [7, 11) is -3.38. The van der Waals surface area contributed by atoms with E-state index in [2.05, 4.69) is 5.16 Å². The van der Waals surface area contributed by atoms with Gasteiger partial charge in [0.15, 0.2) is 9.84 Å². The Morgan fingerprint density at radius 3 is 2.40 bits per heavy atom. The largest absolute Gasteiger partial charge is 0.395 e. The predicted octanol–water partition coefficient (Wildman–Crippen LogP) is 3.17. The summed E-state index contributed by atoms with van der Waals surface area (Å²) in [5, 5.41) is 4.38. The molecule has 0 aliphatic carbocycles. The first kappa shape index (κ1) is 15.3. The van der Waals surface area contributed by atoms with Gasteiger partial charge in [-0.15, -0.1) is 0 Å². The Morgan fingerprint density at radius 1 is 1.30 bits per heavy atom.